The van der Waals surface area contributed by atoms with Crippen LogP contribution in [-0.2, 0) is 13.1 Å². The SMILES string of the molecule is CN1c2ncccc2CN(Cc2ccccn2)CC[C@H]1CO. The van der Waals surface area contributed by atoms with E-state index in [4.69, 9.17) is 0 Å². The van der Waals surface area contributed by atoms with Crippen molar-refractivity contribution in [3.63, 3.8) is 0 Å². The molecule has 0 aromatic carbocycles. The molecule has 3 rings (SSSR count). The molecule has 0 saturated heterocycles. The Labute approximate surface area is 131 Å². The summed E-state index contributed by atoms with van der Waals surface area (Å²) in [5.41, 5.74) is 2.27. The summed E-state index contributed by atoms with van der Waals surface area (Å²) in [4.78, 5) is 13.4. The number of pyridine rings is 2. The zero-order valence-corrected chi connectivity index (χ0v) is 12.9. The van der Waals surface area contributed by atoms with E-state index in [9.17, 15) is 5.11 Å². The van der Waals surface area contributed by atoms with E-state index in [-0.39, 0.29) is 12.6 Å². The van der Waals surface area contributed by atoms with Gasteiger partial charge in [-0.3, -0.25) is 9.88 Å². The quantitative estimate of drug-likeness (QED) is 0.934. The largest absolute Gasteiger partial charge is 0.394 e. The van der Waals surface area contributed by atoms with Gasteiger partial charge >= 0.3 is 0 Å². The molecule has 0 fully saturated rings. The summed E-state index contributed by atoms with van der Waals surface area (Å²) in [6, 6.07) is 10.2. The minimum absolute atomic E-state index is 0.0974. The first-order valence-electron chi connectivity index (χ1n) is 7.68. The second-order valence-corrected chi connectivity index (χ2v) is 5.75. The Morgan fingerprint density at radius 1 is 1.18 bits per heavy atom. The van der Waals surface area contributed by atoms with Gasteiger partial charge in [0, 0.05) is 44.6 Å². The van der Waals surface area contributed by atoms with E-state index in [0.717, 1.165) is 37.6 Å². The lowest BCUT2D eigenvalue weighted by atomic mass is 10.1. The molecule has 0 saturated carbocycles. The number of anilines is 1. The fourth-order valence-corrected chi connectivity index (χ4v) is 2.96. The van der Waals surface area contributed by atoms with Gasteiger partial charge in [0.2, 0.25) is 0 Å². The van der Waals surface area contributed by atoms with E-state index in [1.807, 2.05) is 37.6 Å². The van der Waals surface area contributed by atoms with E-state index < -0.39 is 0 Å². The van der Waals surface area contributed by atoms with Crippen LogP contribution in [0.3, 0.4) is 0 Å². The van der Waals surface area contributed by atoms with Gasteiger partial charge in [0.15, 0.2) is 0 Å². The normalized spacial score (nSPS) is 19.4. The third kappa shape index (κ3) is 3.26. The summed E-state index contributed by atoms with van der Waals surface area (Å²) >= 11 is 0. The van der Waals surface area contributed by atoms with E-state index in [1.54, 1.807) is 0 Å². The van der Waals surface area contributed by atoms with Crippen molar-refractivity contribution in [3.05, 3.63) is 54.0 Å². The molecule has 0 amide bonds. The van der Waals surface area contributed by atoms with Gasteiger partial charge in [-0.05, 0) is 24.6 Å². The van der Waals surface area contributed by atoms with Crippen LogP contribution in [0.5, 0.6) is 0 Å². The number of rotatable bonds is 3. The molecular weight excluding hydrogens is 276 g/mol. The zero-order valence-electron chi connectivity index (χ0n) is 12.9. The Hall–Kier alpha value is -1.98. The molecule has 0 radical (unpaired) electrons. The fraction of sp³-hybridized carbons (Fsp3) is 0.412. The van der Waals surface area contributed by atoms with Crippen LogP contribution in [0.2, 0.25) is 0 Å². The highest BCUT2D eigenvalue weighted by atomic mass is 16.3. The maximum absolute atomic E-state index is 9.68. The van der Waals surface area contributed by atoms with Crippen molar-refractivity contribution in [2.75, 3.05) is 25.1 Å². The van der Waals surface area contributed by atoms with Crippen LogP contribution in [0, 0.1) is 0 Å². The van der Waals surface area contributed by atoms with Crippen LogP contribution in [-0.4, -0.2) is 46.2 Å². The van der Waals surface area contributed by atoms with Crippen LogP contribution in [0.4, 0.5) is 5.82 Å². The van der Waals surface area contributed by atoms with Gasteiger partial charge in [-0.15, -0.1) is 0 Å². The van der Waals surface area contributed by atoms with E-state index in [2.05, 4.69) is 31.9 Å². The third-order valence-electron chi connectivity index (χ3n) is 4.24. The van der Waals surface area contributed by atoms with Crippen molar-refractivity contribution in [1.82, 2.24) is 14.9 Å². The second-order valence-electron chi connectivity index (χ2n) is 5.75. The zero-order chi connectivity index (χ0) is 15.4. The number of fused-ring (bicyclic) bond motifs is 1. The number of aromatic nitrogens is 2. The standard InChI is InChI=1S/C17H22N4O/c1-20-16(13-22)7-10-21(12-15-6-2-3-8-18-15)11-14-5-4-9-19-17(14)20/h2-6,8-9,16,22H,7,10-13H2,1H3/t16-/m0/s1. The van der Waals surface area contributed by atoms with Crippen LogP contribution in [0.25, 0.3) is 0 Å². The van der Waals surface area contributed by atoms with E-state index in [0.29, 0.717) is 0 Å². The molecular formula is C17H22N4O. The molecule has 2 aromatic rings. The van der Waals surface area contributed by atoms with Crippen LogP contribution < -0.4 is 4.90 Å². The molecule has 116 valence electrons. The second kappa shape index (κ2) is 6.85. The Morgan fingerprint density at radius 3 is 2.82 bits per heavy atom. The molecule has 1 aliphatic rings. The van der Waals surface area contributed by atoms with Crippen LogP contribution >= 0.6 is 0 Å². The molecule has 0 unspecified atom stereocenters. The fourth-order valence-electron chi connectivity index (χ4n) is 2.96. The lowest BCUT2D eigenvalue weighted by Gasteiger charge is -2.35. The lowest BCUT2D eigenvalue weighted by Crippen LogP contribution is -2.41. The number of likely N-dealkylation sites (N-methyl/N-ethyl adjacent to an activating group) is 1. The molecule has 1 N–H and O–H groups in total. The topological polar surface area (TPSA) is 52.5 Å². The van der Waals surface area contributed by atoms with E-state index >= 15 is 0 Å². The third-order valence-corrected chi connectivity index (χ3v) is 4.24. The van der Waals surface area contributed by atoms with Gasteiger partial charge in [0.1, 0.15) is 5.82 Å². The molecule has 22 heavy (non-hydrogen) atoms. The Balaban J connectivity index is 1.85. The van der Waals surface area contributed by atoms with Crippen molar-refractivity contribution >= 4 is 5.82 Å². The van der Waals surface area contributed by atoms with Crippen molar-refractivity contribution in [1.29, 1.82) is 0 Å². The minimum Gasteiger partial charge on any atom is -0.394 e. The average Bonchev–Trinajstić information content (AvgIpc) is 2.55. The molecule has 5 heteroatoms. The highest BCUT2D eigenvalue weighted by molar-refractivity contribution is 5.47. The number of nitrogens with zero attached hydrogens (tertiary/aromatic N) is 4. The first kappa shape index (κ1) is 14.9. The van der Waals surface area contributed by atoms with Crippen LogP contribution in [0.15, 0.2) is 42.7 Å². The van der Waals surface area contributed by atoms with Gasteiger partial charge in [0.25, 0.3) is 0 Å². The van der Waals surface area contributed by atoms with Gasteiger partial charge in [-0.2, -0.15) is 0 Å². The van der Waals surface area contributed by atoms with Gasteiger partial charge in [0.05, 0.1) is 18.3 Å². The van der Waals surface area contributed by atoms with Crippen LogP contribution in [0.1, 0.15) is 17.7 Å². The maximum atomic E-state index is 9.68. The summed E-state index contributed by atoms with van der Waals surface area (Å²) in [6.45, 7) is 2.74. The van der Waals surface area contributed by atoms with Crippen molar-refractivity contribution in [2.45, 2.75) is 25.6 Å². The molecule has 0 aliphatic carbocycles. The maximum Gasteiger partial charge on any atom is 0.133 e. The van der Waals surface area contributed by atoms with Gasteiger partial charge in [-0.25, -0.2) is 4.98 Å². The Kier molecular flexibility index (Phi) is 4.65. The van der Waals surface area contributed by atoms with Crippen molar-refractivity contribution in [3.8, 4) is 0 Å². The summed E-state index contributed by atoms with van der Waals surface area (Å²) < 4.78 is 0. The number of hydrogen-bond donors (Lipinski definition) is 1. The van der Waals surface area contributed by atoms with Gasteiger partial charge < -0.3 is 10.0 Å². The summed E-state index contributed by atoms with van der Waals surface area (Å²) in [7, 11) is 2.02. The smallest absolute Gasteiger partial charge is 0.133 e. The summed E-state index contributed by atoms with van der Waals surface area (Å²) in [5, 5.41) is 9.68. The van der Waals surface area contributed by atoms with Crippen molar-refractivity contribution in [2.24, 2.45) is 0 Å². The Bertz CT molecular complexity index is 605. The Morgan fingerprint density at radius 2 is 2.05 bits per heavy atom. The highest BCUT2D eigenvalue weighted by Crippen LogP contribution is 2.24. The predicted octanol–water partition coefficient (Wildman–Crippen LogP) is 1.68. The highest BCUT2D eigenvalue weighted by Gasteiger charge is 2.23. The number of aliphatic hydroxyl groups is 1. The first-order chi connectivity index (χ1) is 10.8. The number of hydrogen-bond acceptors (Lipinski definition) is 5. The first-order valence-corrected chi connectivity index (χ1v) is 7.68. The molecule has 3 heterocycles. The summed E-state index contributed by atoms with van der Waals surface area (Å²) in [6.07, 6.45) is 4.56. The predicted molar refractivity (Wildman–Crippen MR) is 86.5 cm³/mol. The lowest BCUT2D eigenvalue weighted by molar-refractivity contribution is 0.204. The number of aliphatic hydroxyl groups excluding tert-OH is 1. The average molecular weight is 298 g/mol. The monoisotopic (exact) mass is 298 g/mol. The molecule has 1 atom stereocenters. The van der Waals surface area contributed by atoms with Crippen molar-refractivity contribution < 1.29 is 5.11 Å². The molecule has 5 nitrogen and oxygen atoms in total. The molecule has 0 spiro atoms. The minimum atomic E-state index is 0.0974. The molecule has 0 bridgehead atoms. The van der Waals surface area contributed by atoms with Gasteiger partial charge in [-0.1, -0.05) is 12.1 Å². The molecule has 2 aromatic heterocycles. The molecule has 1 aliphatic heterocycles. The van der Waals surface area contributed by atoms with E-state index in [1.165, 1.54) is 5.56 Å². The summed E-state index contributed by atoms with van der Waals surface area (Å²) in [5.74, 6) is 0.965.